The lowest BCUT2D eigenvalue weighted by atomic mass is 9.94. The summed E-state index contributed by atoms with van der Waals surface area (Å²) in [5.41, 5.74) is 5.56. The van der Waals surface area contributed by atoms with E-state index in [0.717, 1.165) is 28.0 Å². The number of nitrogens with one attached hydrogen (secondary N) is 1. The zero-order chi connectivity index (χ0) is 27.8. The molecule has 0 bridgehead atoms. The molecule has 4 aromatic rings. The van der Waals surface area contributed by atoms with E-state index in [9.17, 15) is 19.1 Å². The van der Waals surface area contributed by atoms with Crippen LogP contribution >= 0.6 is 11.8 Å². The molecule has 2 N–H and O–H groups in total. The largest absolute Gasteiger partial charge is 0.480 e. The number of hydrogen-bond donors (Lipinski definition) is 2. The number of thioether (sulfide) groups is 1. The molecule has 0 saturated carbocycles. The monoisotopic (exact) mass is 543 g/mol. The first kappa shape index (κ1) is 27.9. The first-order valence-corrected chi connectivity index (χ1v) is 13.9. The molecule has 39 heavy (non-hydrogen) atoms. The van der Waals surface area contributed by atoms with E-state index in [1.807, 2.05) is 66.3 Å². The SMILES string of the molecule is CSCC[C@H](NC(=O)c1ccc(C=C(Cn2cncc2C)c2ccc(F)cc2)cc1-c1ccccc1)C(=O)O. The predicted molar refractivity (Wildman–Crippen MR) is 155 cm³/mol. The molecule has 3 aromatic carbocycles. The molecule has 0 unspecified atom stereocenters. The fourth-order valence-corrected chi connectivity index (χ4v) is 4.73. The number of rotatable bonds is 11. The minimum absolute atomic E-state index is 0.309. The minimum Gasteiger partial charge on any atom is -0.480 e. The second-order valence-corrected chi connectivity index (χ2v) is 10.1. The standard InChI is InChI=1S/C31H30FN3O3S/c1-21-18-33-20-35(21)19-25(23-9-11-26(32)12-10-23)16-22-8-13-27(28(17-22)24-6-4-3-5-7-24)30(36)34-29(31(37)38)14-15-39-2/h3-13,16-18,20,29H,14-15,19H2,1-2H3,(H,34,36)(H,37,38)/t29-/m0/s1. The van der Waals surface area contributed by atoms with Crippen LogP contribution in [0.15, 0.2) is 85.3 Å². The number of amides is 1. The number of aliphatic carboxylic acids is 1. The van der Waals surface area contributed by atoms with Crippen LogP contribution in [0.2, 0.25) is 0 Å². The maximum absolute atomic E-state index is 13.7. The number of allylic oxidation sites excluding steroid dienone is 1. The molecule has 1 atom stereocenters. The average Bonchev–Trinajstić information content (AvgIpc) is 3.35. The minimum atomic E-state index is -1.06. The number of aromatic nitrogens is 2. The van der Waals surface area contributed by atoms with Crippen molar-refractivity contribution in [2.75, 3.05) is 12.0 Å². The van der Waals surface area contributed by atoms with E-state index < -0.39 is 17.9 Å². The zero-order valence-corrected chi connectivity index (χ0v) is 22.6. The normalized spacial score (nSPS) is 12.2. The third-order valence-electron chi connectivity index (χ3n) is 6.40. The van der Waals surface area contributed by atoms with Gasteiger partial charge in [-0.15, -0.1) is 0 Å². The van der Waals surface area contributed by atoms with E-state index >= 15 is 0 Å². The topological polar surface area (TPSA) is 84.2 Å². The molecular formula is C31H30FN3O3S. The highest BCUT2D eigenvalue weighted by molar-refractivity contribution is 7.98. The first-order valence-electron chi connectivity index (χ1n) is 12.5. The molecule has 8 heteroatoms. The van der Waals surface area contributed by atoms with Crippen LogP contribution < -0.4 is 5.32 Å². The number of benzene rings is 3. The van der Waals surface area contributed by atoms with Gasteiger partial charge in [0.2, 0.25) is 0 Å². The molecule has 0 radical (unpaired) electrons. The van der Waals surface area contributed by atoms with Gasteiger partial charge in [-0.2, -0.15) is 11.8 Å². The Bertz CT molecular complexity index is 1470. The van der Waals surface area contributed by atoms with Crippen LogP contribution in [0.1, 0.15) is 33.6 Å². The highest BCUT2D eigenvalue weighted by atomic mass is 32.2. The number of nitrogens with zero attached hydrogens (tertiary/aromatic N) is 2. The third kappa shape index (κ3) is 7.23. The van der Waals surface area contributed by atoms with Crippen molar-refractivity contribution in [3.05, 3.63) is 114 Å². The maximum atomic E-state index is 13.7. The van der Waals surface area contributed by atoms with Gasteiger partial charge in [-0.1, -0.05) is 48.5 Å². The Labute approximate surface area is 231 Å². The van der Waals surface area contributed by atoms with Gasteiger partial charge >= 0.3 is 5.97 Å². The van der Waals surface area contributed by atoms with Gasteiger partial charge in [-0.25, -0.2) is 14.2 Å². The number of hydrogen-bond acceptors (Lipinski definition) is 4. The van der Waals surface area contributed by atoms with Crippen LogP contribution in [-0.4, -0.2) is 44.6 Å². The van der Waals surface area contributed by atoms with E-state index in [1.54, 1.807) is 30.7 Å². The fourth-order valence-electron chi connectivity index (χ4n) is 4.26. The van der Waals surface area contributed by atoms with Crippen molar-refractivity contribution < 1.29 is 19.1 Å². The molecule has 0 fully saturated rings. The Balaban J connectivity index is 1.76. The molecule has 4 rings (SSSR count). The lowest BCUT2D eigenvalue weighted by molar-refractivity contribution is -0.139. The second-order valence-electron chi connectivity index (χ2n) is 9.16. The maximum Gasteiger partial charge on any atom is 0.326 e. The van der Waals surface area contributed by atoms with Gasteiger partial charge in [0.05, 0.1) is 6.33 Å². The van der Waals surface area contributed by atoms with Crippen LogP contribution in [0.3, 0.4) is 0 Å². The van der Waals surface area contributed by atoms with E-state index in [4.69, 9.17) is 0 Å². The van der Waals surface area contributed by atoms with Crippen molar-refractivity contribution in [1.82, 2.24) is 14.9 Å². The molecule has 1 aromatic heterocycles. The summed E-state index contributed by atoms with van der Waals surface area (Å²) in [5.74, 6) is -1.19. The summed E-state index contributed by atoms with van der Waals surface area (Å²) in [6, 6.07) is 20.4. The zero-order valence-electron chi connectivity index (χ0n) is 21.8. The Kier molecular flexibility index (Phi) is 9.33. The van der Waals surface area contributed by atoms with Crippen LogP contribution in [0.4, 0.5) is 4.39 Å². The second kappa shape index (κ2) is 13.1. The molecule has 0 spiro atoms. The highest BCUT2D eigenvalue weighted by Gasteiger charge is 2.22. The van der Waals surface area contributed by atoms with Crippen LogP contribution in [0.5, 0.6) is 0 Å². The summed E-state index contributed by atoms with van der Waals surface area (Å²) in [4.78, 5) is 29.3. The molecule has 1 heterocycles. The van der Waals surface area contributed by atoms with Gasteiger partial charge in [0, 0.05) is 24.0 Å². The molecule has 0 aliphatic rings. The third-order valence-corrected chi connectivity index (χ3v) is 7.05. The number of carboxylic acids is 1. The number of halogens is 1. The van der Waals surface area contributed by atoms with Gasteiger partial charge in [0.1, 0.15) is 11.9 Å². The lowest BCUT2D eigenvalue weighted by Gasteiger charge is -2.17. The van der Waals surface area contributed by atoms with E-state index in [0.29, 0.717) is 29.8 Å². The summed E-state index contributed by atoms with van der Waals surface area (Å²) in [7, 11) is 0. The Morgan fingerprint density at radius 2 is 1.85 bits per heavy atom. The summed E-state index contributed by atoms with van der Waals surface area (Å²) < 4.78 is 15.7. The smallest absolute Gasteiger partial charge is 0.326 e. The van der Waals surface area contributed by atoms with Gasteiger partial charge in [-0.05, 0) is 83.5 Å². The lowest BCUT2D eigenvalue weighted by Crippen LogP contribution is -2.41. The predicted octanol–water partition coefficient (Wildman–Crippen LogP) is 6.17. The van der Waals surface area contributed by atoms with Crippen molar-refractivity contribution in [2.24, 2.45) is 0 Å². The highest BCUT2D eigenvalue weighted by Crippen LogP contribution is 2.28. The number of carbonyl (C=O) groups excluding carboxylic acids is 1. The van der Waals surface area contributed by atoms with Crippen LogP contribution in [0.25, 0.3) is 22.8 Å². The van der Waals surface area contributed by atoms with Crippen LogP contribution in [0, 0.1) is 12.7 Å². The number of aryl methyl sites for hydroxylation is 1. The molecule has 1 amide bonds. The quantitative estimate of drug-likeness (QED) is 0.221. The van der Waals surface area contributed by atoms with E-state index in [1.165, 1.54) is 23.9 Å². The van der Waals surface area contributed by atoms with Gasteiger partial charge in [0.25, 0.3) is 5.91 Å². The molecular weight excluding hydrogens is 513 g/mol. The molecule has 0 aliphatic heterocycles. The molecule has 6 nitrogen and oxygen atoms in total. The average molecular weight is 544 g/mol. The van der Waals surface area contributed by atoms with E-state index in [2.05, 4.69) is 10.3 Å². The molecule has 0 aliphatic carbocycles. The number of carboxylic acid groups (broad SMARTS) is 1. The van der Waals surface area contributed by atoms with E-state index in [-0.39, 0.29) is 5.82 Å². The summed E-state index contributed by atoms with van der Waals surface area (Å²) in [5, 5.41) is 12.3. The van der Waals surface area contributed by atoms with Crippen molar-refractivity contribution in [1.29, 1.82) is 0 Å². The van der Waals surface area contributed by atoms with Crippen molar-refractivity contribution in [3.63, 3.8) is 0 Å². The number of imidazole rings is 1. The van der Waals surface area contributed by atoms with Gasteiger partial charge < -0.3 is 15.0 Å². The summed E-state index contributed by atoms with van der Waals surface area (Å²) >= 11 is 1.53. The fraction of sp³-hybridized carbons (Fsp3) is 0.194. The molecule has 0 saturated heterocycles. The Morgan fingerprint density at radius 1 is 1.10 bits per heavy atom. The van der Waals surface area contributed by atoms with Crippen LogP contribution in [-0.2, 0) is 11.3 Å². The van der Waals surface area contributed by atoms with Crippen molar-refractivity contribution in [3.8, 4) is 11.1 Å². The molecule has 200 valence electrons. The van der Waals surface area contributed by atoms with Gasteiger partial charge in [-0.3, -0.25) is 4.79 Å². The van der Waals surface area contributed by atoms with Crippen molar-refractivity contribution >= 4 is 35.3 Å². The first-order chi connectivity index (χ1) is 18.9. The Morgan fingerprint density at radius 3 is 2.49 bits per heavy atom. The number of carbonyl (C=O) groups is 2. The summed E-state index contributed by atoms with van der Waals surface area (Å²) in [6.07, 6.45) is 7.78. The summed E-state index contributed by atoms with van der Waals surface area (Å²) in [6.45, 7) is 2.50. The van der Waals surface area contributed by atoms with Gasteiger partial charge in [0.15, 0.2) is 0 Å². The Hall–Kier alpha value is -4.17. The van der Waals surface area contributed by atoms with Crippen molar-refractivity contribution in [2.45, 2.75) is 25.9 Å².